The zero-order valence-electron chi connectivity index (χ0n) is 20.4. The van der Waals surface area contributed by atoms with Crippen LogP contribution in [-0.2, 0) is 24.7 Å². The first-order valence-electron chi connectivity index (χ1n) is 11.2. The predicted octanol–water partition coefficient (Wildman–Crippen LogP) is -0.716. The fourth-order valence-electron chi connectivity index (χ4n) is 2.81. The van der Waals surface area contributed by atoms with Crippen LogP contribution in [0.1, 0.15) is 117 Å². The molecule has 0 aromatic carbocycles. The zero-order chi connectivity index (χ0) is 22.4. The minimum atomic E-state index is -4.47. The Hall–Kier alpha value is 1.78. The van der Waals surface area contributed by atoms with Crippen molar-refractivity contribution in [3.8, 4) is 0 Å². The molecule has 0 amide bonds. The molecule has 0 saturated heterocycles. The molecule has 0 aliphatic rings. The maximum atomic E-state index is 10.3. The summed E-state index contributed by atoms with van der Waals surface area (Å²) in [6.07, 6.45) is 17.7. The summed E-state index contributed by atoms with van der Waals surface area (Å²) in [7, 11) is -8.45. The molecule has 0 aliphatic heterocycles. The van der Waals surface area contributed by atoms with Crippen molar-refractivity contribution >= 4 is 20.5 Å². The molecule has 0 unspecified atom stereocenters. The Balaban J connectivity index is -0.000000225. The van der Waals surface area contributed by atoms with Crippen LogP contribution in [0.5, 0.6) is 0 Å². The van der Waals surface area contributed by atoms with Gasteiger partial charge < -0.3 is 9.11 Å². The quantitative estimate of drug-likeness (QED) is 0.0985. The number of unbranched alkanes of at least 4 members (excludes halogenated alkanes) is 14. The Morgan fingerprint density at radius 2 is 0.871 bits per heavy atom. The van der Waals surface area contributed by atoms with E-state index < -0.39 is 20.5 Å². The first kappa shape index (κ1) is 40.0. The average Bonchev–Trinajstić information content (AvgIpc) is 2.61. The minimum Gasteiger partial charge on any atom is -0.748 e. The summed E-state index contributed by atoms with van der Waals surface area (Å²) in [5, 5.41) is 0. The van der Waals surface area contributed by atoms with E-state index in [4.69, 9.17) is 0 Å². The molecule has 0 aromatic heterocycles. The Kier molecular flexibility index (Phi) is 36.1. The van der Waals surface area contributed by atoms with Gasteiger partial charge in [-0.05, 0) is 12.8 Å². The van der Waals surface area contributed by atoms with Crippen LogP contribution in [-0.4, -0.2) is 38.3 Å². The fourth-order valence-corrected chi connectivity index (χ4v) is 3.69. The van der Waals surface area contributed by atoms with Crippen molar-refractivity contribution in [3.63, 3.8) is 0 Å². The number of rotatable bonds is 19. The van der Waals surface area contributed by atoms with E-state index >= 15 is 0 Å². The van der Waals surface area contributed by atoms with Crippen LogP contribution in [0.15, 0.2) is 0 Å². The zero-order valence-corrected chi connectivity index (χ0v) is 26.0. The van der Waals surface area contributed by atoms with Crippen LogP contribution in [0.3, 0.4) is 0 Å². The van der Waals surface area contributed by atoms with E-state index in [0.717, 1.165) is 25.7 Å². The van der Waals surface area contributed by atoms with E-state index in [9.17, 15) is 25.9 Å². The van der Waals surface area contributed by atoms with Crippen molar-refractivity contribution in [3.05, 3.63) is 0 Å². The summed E-state index contributed by atoms with van der Waals surface area (Å²) in [5.74, 6) is -0.191. The van der Waals surface area contributed by atoms with Crippen molar-refractivity contribution in [2.24, 2.45) is 0 Å². The molecule has 0 aliphatic carbocycles. The Labute approximate surface area is 236 Å². The van der Waals surface area contributed by atoms with E-state index in [1.165, 1.54) is 64.2 Å². The second-order valence-electron chi connectivity index (χ2n) is 7.44. The summed E-state index contributed by atoms with van der Waals surface area (Å²) in [6.45, 7) is 4.37. The van der Waals surface area contributed by atoms with Crippen LogP contribution in [0, 0.1) is 0 Å². The van der Waals surface area contributed by atoms with Gasteiger partial charge in [-0.3, -0.25) is 4.18 Å². The van der Waals surface area contributed by atoms with E-state index in [2.05, 4.69) is 18.0 Å². The normalized spacial score (nSPS) is 11.1. The van der Waals surface area contributed by atoms with Gasteiger partial charge in [0.05, 0.1) is 16.7 Å². The fraction of sp³-hybridized carbons (Fsp3) is 1.00. The van der Waals surface area contributed by atoms with Crippen molar-refractivity contribution in [2.45, 2.75) is 117 Å². The first-order chi connectivity index (χ1) is 13.6. The molecule has 0 heterocycles. The maximum absolute atomic E-state index is 10.3. The van der Waals surface area contributed by atoms with Crippen molar-refractivity contribution in [1.29, 1.82) is 0 Å². The molecule has 0 rings (SSSR count). The van der Waals surface area contributed by atoms with Gasteiger partial charge in [-0.25, -0.2) is 16.8 Å². The molecular weight excluding hydrogens is 462 g/mol. The molecule has 0 atom stereocenters. The summed E-state index contributed by atoms with van der Waals surface area (Å²) in [6, 6.07) is 0. The van der Waals surface area contributed by atoms with Gasteiger partial charge >= 0.3 is 59.1 Å². The standard InChI is InChI=1S/C12H26O3S.C8H18O4S.2Na/c1-2-3-4-5-6-7-8-9-10-11-12-16(13,14)15;1-2-3-4-5-6-7-8-12-13(9,10)11;;/h2-12H2,1H3,(H,13,14,15);2-8H2,1H3,(H,9,10,11);;/q;;2*+1/p-2. The van der Waals surface area contributed by atoms with E-state index in [1.807, 2.05) is 0 Å². The molecule has 0 radical (unpaired) electrons. The molecule has 178 valence electrons. The Morgan fingerprint density at radius 3 is 1.19 bits per heavy atom. The first-order valence-corrected chi connectivity index (χ1v) is 14.1. The van der Waals surface area contributed by atoms with Gasteiger partial charge in [0.2, 0.25) is 10.4 Å². The van der Waals surface area contributed by atoms with E-state index in [-0.39, 0.29) is 71.5 Å². The second kappa shape index (κ2) is 28.0. The van der Waals surface area contributed by atoms with Gasteiger partial charge in [0.15, 0.2) is 0 Å². The third-order valence-corrected chi connectivity index (χ3v) is 5.72. The van der Waals surface area contributed by atoms with Crippen LogP contribution >= 0.6 is 0 Å². The van der Waals surface area contributed by atoms with Gasteiger partial charge in [-0.2, -0.15) is 0 Å². The molecule has 31 heavy (non-hydrogen) atoms. The average molecular weight is 505 g/mol. The Bertz CT molecular complexity index is 542. The van der Waals surface area contributed by atoms with Crippen LogP contribution in [0.4, 0.5) is 0 Å². The van der Waals surface area contributed by atoms with Gasteiger partial charge in [-0.1, -0.05) is 104 Å². The molecule has 11 heteroatoms. The van der Waals surface area contributed by atoms with Gasteiger partial charge in [0.25, 0.3) is 0 Å². The van der Waals surface area contributed by atoms with Crippen molar-refractivity contribution < 1.29 is 89.2 Å². The molecule has 7 nitrogen and oxygen atoms in total. The SMILES string of the molecule is CCCCCCCCCCCCS(=O)(=O)[O-].CCCCCCCCOS(=O)(=O)[O-].[Na+].[Na+]. The molecule has 0 saturated carbocycles. The minimum absolute atomic E-state index is 0. The third-order valence-electron chi connectivity index (χ3n) is 4.47. The van der Waals surface area contributed by atoms with Gasteiger partial charge in [0, 0.05) is 5.75 Å². The molecular formula is C20H42Na2O7S2. The summed E-state index contributed by atoms with van der Waals surface area (Å²) in [5.41, 5.74) is 0. The maximum Gasteiger partial charge on any atom is 1.00 e. The van der Waals surface area contributed by atoms with Crippen molar-refractivity contribution in [2.75, 3.05) is 12.4 Å². The molecule has 0 fully saturated rings. The van der Waals surface area contributed by atoms with E-state index in [1.54, 1.807) is 0 Å². The van der Waals surface area contributed by atoms with E-state index in [0.29, 0.717) is 12.8 Å². The number of hydrogen-bond acceptors (Lipinski definition) is 7. The van der Waals surface area contributed by atoms with Crippen LogP contribution in [0.25, 0.3) is 0 Å². The largest absolute Gasteiger partial charge is 1.00 e. The van der Waals surface area contributed by atoms with Gasteiger partial charge in [0.1, 0.15) is 0 Å². The summed E-state index contributed by atoms with van der Waals surface area (Å²) < 4.78 is 65.0. The van der Waals surface area contributed by atoms with Gasteiger partial charge in [-0.15, -0.1) is 0 Å². The predicted molar refractivity (Wildman–Crippen MR) is 115 cm³/mol. The molecule has 0 spiro atoms. The summed E-state index contributed by atoms with van der Waals surface area (Å²) in [4.78, 5) is 0. The smallest absolute Gasteiger partial charge is 0.748 e. The molecule has 0 aromatic rings. The monoisotopic (exact) mass is 504 g/mol. The summed E-state index contributed by atoms with van der Waals surface area (Å²) >= 11 is 0. The number of hydrogen-bond donors (Lipinski definition) is 0. The third kappa shape index (κ3) is 45.9. The van der Waals surface area contributed by atoms with Crippen LogP contribution < -0.4 is 59.1 Å². The van der Waals surface area contributed by atoms with Crippen molar-refractivity contribution in [1.82, 2.24) is 0 Å². The molecule has 0 N–H and O–H groups in total. The van der Waals surface area contributed by atoms with Crippen LogP contribution in [0.2, 0.25) is 0 Å². The topological polar surface area (TPSA) is 124 Å². The second-order valence-corrected chi connectivity index (χ2v) is 10.0. The molecule has 0 bridgehead atoms. The Morgan fingerprint density at radius 1 is 0.548 bits per heavy atom.